The largest absolute Gasteiger partial charge is 0.368 e. The number of aryl methyl sites for hydroxylation is 2. The van der Waals surface area contributed by atoms with Gasteiger partial charge in [-0.15, -0.1) is 0 Å². The van der Waals surface area contributed by atoms with E-state index in [9.17, 15) is 9.59 Å². The Morgan fingerprint density at radius 1 is 1.12 bits per heavy atom. The first-order valence-corrected chi connectivity index (χ1v) is 10.5. The second-order valence-corrected chi connectivity index (χ2v) is 8.69. The highest BCUT2D eigenvalue weighted by molar-refractivity contribution is 5.69. The van der Waals surface area contributed by atoms with Crippen molar-refractivity contribution in [3.63, 3.8) is 0 Å². The highest BCUT2D eigenvalue weighted by atomic mass is 16.8. The molecule has 2 saturated heterocycles. The molecule has 5 rings (SSSR count). The standard InChI is InChI=1S/C22H26N4O6/c1-22(2)31-17-16(29-11-13-8-6-5-7-9-13)14(30-20(17)32-22)10-26-19(27)15-18(23-12-24(15)3)25(4)21(26)28/h5-9,12,14,16-17,20H,10-11H2,1-4H3/t14-,16+,17-,20-/m1/s1. The van der Waals surface area contributed by atoms with Gasteiger partial charge in [0.15, 0.2) is 23.2 Å². The summed E-state index contributed by atoms with van der Waals surface area (Å²) in [6, 6.07) is 9.75. The molecule has 4 atom stereocenters. The fourth-order valence-electron chi connectivity index (χ4n) is 4.40. The van der Waals surface area contributed by atoms with E-state index in [2.05, 4.69) is 4.98 Å². The minimum absolute atomic E-state index is 0.00618. The normalized spacial score (nSPS) is 26.6. The van der Waals surface area contributed by atoms with Gasteiger partial charge in [0, 0.05) is 14.1 Å². The number of rotatable bonds is 5. The number of benzene rings is 1. The first kappa shape index (κ1) is 21.1. The molecule has 10 heteroatoms. The average molecular weight is 442 g/mol. The third-order valence-electron chi connectivity index (χ3n) is 5.94. The molecule has 2 aromatic heterocycles. The predicted octanol–water partition coefficient (Wildman–Crippen LogP) is 0.895. The molecule has 0 bridgehead atoms. The summed E-state index contributed by atoms with van der Waals surface area (Å²) >= 11 is 0. The average Bonchev–Trinajstić information content (AvgIpc) is 3.38. The molecule has 0 aliphatic carbocycles. The van der Waals surface area contributed by atoms with Gasteiger partial charge in [-0.1, -0.05) is 30.3 Å². The molecule has 0 radical (unpaired) electrons. The SMILES string of the molecule is Cn1cnc2c1c(=O)n(C[C@H]1O[C@@H]3OC(C)(C)O[C@@H]3[C@H]1OCc1ccccc1)c(=O)n2C. The Labute approximate surface area is 183 Å². The van der Waals surface area contributed by atoms with Gasteiger partial charge >= 0.3 is 5.69 Å². The third kappa shape index (κ3) is 3.49. The number of imidazole rings is 1. The lowest BCUT2D eigenvalue weighted by atomic mass is 10.1. The Hall–Kier alpha value is -2.79. The van der Waals surface area contributed by atoms with E-state index < -0.39 is 41.6 Å². The van der Waals surface area contributed by atoms with Gasteiger partial charge in [-0.3, -0.25) is 13.9 Å². The Kier molecular flexibility index (Phi) is 5.05. The maximum absolute atomic E-state index is 13.1. The minimum atomic E-state index is -0.810. The zero-order chi connectivity index (χ0) is 22.6. The van der Waals surface area contributed by atoms with Crippen LogP contribution in [0.5, 0.6) is 0 Å². The van der Waals surface area contributed by atoms with Crippen molar-refractivity contribution in [1.29, 1.82) is 0 Å². The van der Waals surface area contributed by atoms with E-state index in [0.717, 1.165) is 5.56 Å². The molecule has 32 heavy (non-hydrogen) atoms. The predicted molar refractivity (Wildman–Crippen MR) is 114 cm³/mol. The molecule has 3 aromatic rings. The van der Waals surface area contributed by atoms with Gasteiger partial charge in [-0.2, -0.15) is 0 Å². The van der Waals surface area contributed by atoms with E-state index in [1.165, 1.54) is 15.5 Å². The van der Waals surface area contributed by atoms with Crippen molar-refractivity contribution in [2.45, 2.75) is 57.4 Å². The molecule has 0 N–H and O–H groups in total. The molecule has 0 saturated carbocycles. The van der Waals surface area contributed by atoms with E-state index in [1.54, 1.807) is 18.7 Å². The third-order valence-corrected chi connectivity index (χ3v) is 5.94. The highest BCUT2D eigenvalue weighted by Gasteiger charge is 2.55. The van der Waals surface area contributed by atoms with Crippen LogP contribution >= 0.6 is 0 Å². The van der Waals surface area contributed by atoms with E-state index in [4.69, 9.17) is 18.9 Å². The Bertz CT molecular complexity index is 1260. The van der Waals surface area contributed by atoms with Crippen LogP contribution in [0.15, 0.2) is 46.2 Å². The topological polar surface area (TPSA) is 98.7 Å². The summed E-state index contributed by atoms with van der Waals surface area (Å²) in [7, 11) is 3.31. The summed E-state index contributed by atoms with van der Waals surface area (Å²) in [6.07, 6.45) is -0.738. The van der Waals surface area contributed by atoms with E-state index in [1.807, 2.05) is 44.2 Å². The van der Waals surface area contributed by atoms with Crippen LogP contribution in [-0.4, -0.2) is 49.1 Å². The van der Waals surface area contributed by atoms with Gasteiger partial charge in [-0.25, -0.2) is 9.78 Å². The van der Waals surface area contributed by atoms with Gasteiger partial charge < -0.3 is 23.5 Å². The molecule has 0 unspecified atom stereocenters. The van der Waals surface area contributed by atoms with Crippen LogP contribution < -0.4 is 11.2 Å². The van der Waals surface area contributed by atoms with Crippen LogP contribution in [0, 0.1) is 0 Å². The minimum Gasteiger partial charge on any atom is -0.368 e. The number of aromatic nitrogens is 4. The van der Waals surface area contributed by atoms with Crippen LogP contribution in [-0.2, 0) is 46.2 Å². The molecule has 4 heterocycles. The van der Waals surface area contributed by atoms with Gasteiger partial charge in [0.1, 0.15) is 18.3 Å². The summed E-state index contributed by atoms with van der Waals surface area (Å²) < 4.78 is 28.4. The fraction of sp³-hybridized carbons (Fsp3) is 0.500. The molecule has 1 aromatic carbocycles. The van der Waals surface area contributed by atoms with Crippen LogP contribution in [0.4, 0.5) is 0 Å². The number of hydrogen-bond donors (Lipinski definition) is 0. The van der Waals surface area contributed by atoms with E-state index >= 15 is 0 Å². The number of hydrogen-bond acceptors (Lipinski definition) is 7. The zero-order valence-corrected chi connectivity index (χ0v) is 18.4. The van der Waals surface area contributed by atoms with Gasteiger partial charge in [0.2, 0.25) is 0 Å². The van der Waals surface area contributed by atoms with Crippen molar-refractivity contribution in [2.24, 2.45) is 14.1 Å². The molecule has 2 aliphatic heterocycles. The van der Waals surface area contributed by atoms with Crippen molar-refractivity contribution < 1.29 is 18.9 Å². The maximum atomic E-state index is 13.1. The first-order valence-electron chi connectivity index (χ1n) is 10.5. The Morgan fingerprint density at radius 3 is 2.62 bits per heavy atom. The number of fused-ring (bicyclic) bond motifs is 2. The quantitative estimate of drug-likeness (QED) is 0.579. The van der Waals surface area contributed by atoms with Crippen molar-refractivity contribution in [2.75, 3.05) is 0 Å². The molecule has 2 aliphatic rings. The Morgan fingerprint density at radius 2 is 1.88 bits per heavy atom. The van der Waals surface area contributed by atoms with Crippen LogP contribution in [0.25, 0.3) is 11.2 Å². The van der Waals surface area contributed by atoms with Crippen LogP contribution in [0.1, 0.15) is 19.4 Å². The summed E-state index contributed by atoms with van der Waals surface area (Å²) in [5.41, 5.74) is 0.796. The smallest absolute Gasteiger partial charge is 0.332 e. The number of nitrogens with zero attached hydrogens (tertiary/aromatic N) is 4. The molecule has 10 nitrogen and oxygen atoms in total. The summed E-state index contributed by atoms with van der Waals surface area (Å²) in [5.74, 6) is -0.810. The summed E-state index contributed by atoms with van der Waals surface area (Å²) in [6.45, 7) is 3.97. The van der Waals surface area contributed by atoms with Crippen LogP contribution in [0.3, 0.4) is 0 Å². The van der Waals surface area contributed by atoms with Crippen molar-refractivity contribution in [3.8, 4) is 0 Å². The van der Waals surface area contributed by atoms with E-state index in [-0.39, 0.29) is 6.54 Å². The lowest BCUT2D eigenvalue weighted by molar-refractivity contribution is -0.220. The highest BCUT2D eigenvalue weighted by Crippen LogP contribution is 2.39. The summed E-state index contributed by atoms with van der Waals surface area (Å²) in [5, 5.41) is 0. The molecule has 170 valence electrons. The van der Waals surface area contributed by atoms with Crippen molar-refractivity contribution in [1.82, 2.24) is 18.7 Å². The van der Waals surface area contributed by atoms with Crippen LogP contribution in [0.2, 0.25) is 0 Å². The second kappa shape index (κ2) is 7.66. The van der Waals surface area contributed by atoms with E-state index in [0.29, 0.717) is 17.8 Å². The lowest BCUT2D eigenvalue weighted by Crippen LogP contribution is -2.46. The summed E-state index contributed by atoms with van der Waals surface area (Å²) in [4.78, 5) is 30.3. The zero-order valence-electron chi connectivity index (χ0n) is 18.4. The maximum Gasteiger partial charge on any atom is 0.332 e. The number of ether oxygens (including phenoxy) is 4. The fourth-order valence-corrected chi connectivity index (χ4v) is 4.40. The van der Waals surface area contributed by atoms with Gasteiger partial charge in [-0.05, 0) is 19.4 Å². The lowest BCUT2D eigenvalue weighted by Gasteiger charge is -2.26. The molecular formula is C22H26N4O6. The molecular weight excluding hydrogens is 416 g/mol. The molecule has 2 fully saturated rings. The van der Waals surface area contributed by atoms with Gasteiger partial charge in [0.05, 0.1) is 19.5 Å². The second-order valence-electron chi connectivity index (χ2n) is 8.69. The monoisotopic (exact) mass is 442 g/mol. The van der Waals surface area contributed by atoms with Crippen molar-refractivity contribution >= 4 is 11.2 Å². The molecule has 0 spiro atoms. The molecule has 0 amide bonds. The van der Waals surface area contributed by atoms with Crippen molar-refractivity contribution in [3.05, 3.63) is 63.1 Å². The Balaban J connectivity index is 1.47. The van der Waals surface area contributed by atoms with Gasteiger partial charge in [0.25, 0.3) is 5.56 Å². The first-order chi connectivity index (χ1) is 15.2.